The third-order valence-electron chi connectivity index (χ3n) is 5.55. The van der Waals surface area contributed by atoms with Crippen molar-refractivity contribution >= 4 is 26.7 Å². The summed E-state index contributed by atoms with van der Waals surface area (Å²) in [5.41, 5.74) is 2.47. The van der Waals surface area contributed by atoms with Crippen LogP contribution < -0.4 is 4.72 Å². The van der Waals surface area contributed by atoms with Gasteiger partial charge in [-0.25, -0.2) is 13.4 Å². The SMILES string of the molecule is C[C@@H]1CCCCN1[C@H]1CCCc2cc(S(=O)(=O)Nc3ncns3)ccc21. The second kappa shape index (κ2) is 7.25. The van der Waals surface area contributed by atoms with Crippen molar-refractivity contribution in [1.82, 2.24) is 14.3 Å². The van der Waals surface area contributed by atoms with Crippen LogP contribution in [0.2, 0.25) is 0 Å². The fourth-order valence-corrected chi connectivity index (χ4v) is 5.96. The third-order valence-corrected chi connectivity index (χ3v) is 7.59. The number of hydrogen-bond donors (Lipinski definition) is 1. The van der Waals surface area contributed by atoms with Crippen LogP contribution in [0.1, 0.15) is 56.2 Å². The monoisotopic (exact) mass is 392 g/mol. The number of aryl methyl sites for hydroxylation is 1. The Kier molecular flexibility index (Phi) is 4.98. The van der Waals surface area contributed by atoms with E-state index in [0.717, 1.165) is 37.3 Å². The summed E-state index contributed by atoms with van der Waals surface area (Å²) < 4.78 is 31.6. The molecular weight excluding hydrogens is 368 g/mol. The van der Waals surface area contributed by atoms with E-state index in [1.165, 1.54) is 36.7 Å². The highest BCUT2D eigenvalue weighted by Gasteiger charge is 2.31. The summed E-state index contributed by atoms with van der Waals surface area (Å²) in [6.07, 6.45) is 8.38. The first kappa shape index (κ1) is 17.9. The van der Waals surface area contributed by atoms with Gasteiger partial charge in [0.15, 0.2) is 0 Å². The van der Waals surface area contributed by atoms with Gasteiger partial charge in [-0.3, -0.25) is 9.62 Å². The summed E-state index contributed by atoms with van der Waals surface area (Å²) in [5.74, 6) is 0. The average Bonchev–Trinajstić information content (AvgIpc) is 3.13. The standard InChI is InChI=1S/C18H24N4O2S2/c1-13-5-2-3-10-22(13)17-7-4-6-14-11-15(8-9-16(14)17)26(23,24)21-18-19-12-20-25-18/h8-9,11-13,17H,2-7,10H2,1H3,(H,19,20,21)/t13-,17+/m1/s1. The molecule has 2 atom stereocenters. The molecule has 0 amide bonds. The van der Waals surface area contributed by atoms with Crippen LogP contribution in [0.5, 0.6) is 0 Å². The molecule has 1 saturated heterocycles. The number of fused-ring (bicyclic) bond motifs is 1. The van der Waals surface area contributed by atoms with Gasteiger partial charge in [-0.05, 0) is 68.8 Å². The van der Waals surface area contributed by atoms with Crippen LogP contribution in [0.3, 0.4) is 0 Å². The number of aromatic nitrogens is 2. The number of hydrogen-bond acceptors (Lipinski definition) is 6. The van der Waals surface area contributed by atoms with Gasteiger partial charge in [-0.15, -0.1) is 0 Å². The molecule has 1 aliphatic heterocycles. The summed E-state index contributed by atoms with van der Waals surface area (Å²) in [6.45, 7) is 3.46. The molecule has 26 heavy (non-hydrogen) atoms. The molecule has 1 aliphatic carbocycles. The van der Waals surface area contributed by atoms with E-state index in [4.69, 9.17) is 0 Å². The summed E-state index contributed by atoms with van der Waals surface area (Å²) in [5, 5.41) is 0.294. The lowest BCUT2D eigenvalue weighted by atomic mass is 9.85. The molecule has 2 aliphatic rings. The summed E-state index contributed by atoms with van der Waals surface area (Å²) in [4.78, 5) is 6.83. The number of nitrogens with one attached hydrogen (secondary N) is 1. The molecule has 1 N–H and O–H groups in total. The van der Waals surface area contributed by atoms with E-state index in [0.29, 0.717) is 22.1 Å². The molecule has 1 fully saturated rings. The van der Waals surface area contributed by atoms with Gasteiger partial charge < -0.3 is 0 Å². The zero-order chi connectivity index (χ0) is 18.1. The third kappa shape index (κ3) is 3.50. The minimum atomic E-state index is -3.63. The molecule has 0 saturated carbocycles. The van der Waals surface area contributed by atoms with Gasteiger partial charge >= 0.3 is 0 Å². The van der Waals surface area contributed by atoms with Crippen molar-refractivity contribution in [3.05, 3.63) is 35.7 Å². The molecule has 0 bridgehead atoms. The van der Waals surface area contributed by atoms with Gasteiger partial charge in [0.25, 0.3) is 10.0 Å². The molecule has 1 aromatic carbocycles. The second-order valence-electron chi connectivity index (χ2n) is 7.20. The lowest BCUT2D eigenvalue weighted by Crippen LogP contribution is -2.41. The molecule has 2 heterocycles. The molecule has 0 unspecified atom stereocenters. The summed E-state index contributed by atoms with van der Waals surface area (Å²) >= 11 is 1.03. The van der Waals surface area contributed by atoms with Crippen LogP contribution >= 0.6 is 11.5 Å². The molecule has 0 radical (unpaired) electrons. The normalized spacial score (nSPS) is 24.2. The van der Waals surface area contributed by atoms with Crippen molar-refractivity contribution in [2.75, 3.05) is 11.3 Å². The minimum Gasteiger partial charge on any atom is -0.294 e. The highest BCUT2D eigenvalue weighted by molar-refractivity contribution is 7.93. The smallest absolute Gasteiger partial charge is 0.263 e. The predicted octanol–water partition coefficient (Wildman–Crippen LogP) is 3.59. The second-order valence-corrected chi connectivity index (χ2v) is 9.67. The van der Waals surface area contributed by atoms with Gasteiger partial charge in [-0.2, -0.15) is 4.37 Å². The van der Waals surface area contributed by atoms with E-state index in [1.54, 1.807) is 6.07 Å². The molecule has 8 heteroatoms. The first-order valence-electron chi connectivity index (χ1n) is 9.23. The topological polar surface area (TPSA) is 75.2 Å². The van der Waals surface area contributed by atoms with Crippen LogP contribution in [-0.4, -0.2) is 35.3 Å². The van der Waals surface area contributed by atoms with Crippen LogP contribution in [0, 0.1) is 0 Å². The van der Waals surface area contributed by atoms with Gasteiger partial charge in [0.1, 0.15) is 6.33 Å². The maximum Gasteiger partial charge on any atom is 0.263 e. The Balaban J connectivity index is 1.62. The average molecular weight is 393 g/mol. The Morgan fingerprint density at radius 1 is 1.23 bits per heavy atom. The molecule has 140 valence electrons. The van der Waals surface area contributed by atoms with Gasteiger partial charge in [0.05, 0.1) is 4.90 Å². The van der Waals surface area contributed by atoms with Crippen molar-refractivity contribution in [1.29, 1.82) is 0 Å². The minimum absolute atomic E-state index is 0.294. The number of likely N-dealkylation sites (tertiary alicyclic amines) is 1. The molecule has 6 nitrogen and oxygen atoms in total. The number of sulfonamides is 1. The van der Waals surface area contributed by atoms with E-state index in [-0.39, 0.29) is 0 Å². The largest absolute Gasteiger partial charge is 0.294 e. The van der Waals surface area contributed by atoms with Crippen molar-refractivity contribution in [3.63, 3.8) is 0 Å². The predicted molar refractivity (Wildman–Crippen MR) is 103 cm³/mol. The Morgan fingerprint density at radius 3 is 2.88 bits per heavy atom. The zero-order valence-electron chi connectivity index (χ0n) is 14.9. The Hall–Kier alpha value is -1.51. The Bertz CT molecular complexity index is 867. The molecule has 4 rings (SSSR count). The maximum absolute atomic E-state index is 12.6. The van der Waals surface area contributed by atoms with Crippen molar-refractivity contribution in [3.8, 4) is 0 Å². The molecular formula is C18H24N4O2S2. The number of piperidine rings is 1. The zero-order valence-corrected chi connectivity index (χ0v) is 16.5. The summed E-state index contributed by atoms with van der Waals surface area (Å²) in [6, 6.07) is 6.62. The fraction of sp³-hybridized carbons (Fsp3) is 0.556. The quantitative estimate of drug-likeness (QED) is 0.861. The van der Waals surface area contributed by atoms with Crippen LogP contribution in [0.15, 0.2) is 29.4 Å². The van der Waals surface area contributed by atoms with E-state index in [9.17, 15) is 8.42 Å². The Labute approximate surface area is 158 Å². The first-order valence-corrected chi connectivity index (χ1v) is 11.5. The van der Waals surface area contributed by atoms with Gasteiger partial charge in [0, 0.05) is 23.6 Å². The van der Waals surface area contributed by atoms with Crippen molar-refractivity contribution in [2.45, 2.75) is 62.4 Å². The van der Waals surface area contributed by atoms with E-state index in [1.807, 2.05) is 12.1 Å². The lowest BCUT2D eigenvalue weighted by Gasteiger charge is -2.42. The lowest BCUT2D eigenvalue weighted by molar-refractivity contribution is 0.0941. The highest BCUT2D eigenvalue weighted by Crippen LogP contribution is 2.38. The molecule has 2 aromatic rings. The van der Waals surface area contributed by atoms with E-state index >= 15 is 0 Å². The van der Waals surface area contributed by atoms with Crippen molar-refractivity contribution in [2.24, 2.45) is 0 Å². The number of nitrogens with zero attached hydrogens (tertiary/aromatic N) is 3. The fourth-order valence-electron chi connectivity index (χ4n) is 4.25. The van der Waals surface area contributed by atoms with Crippen LogP contribution in [-0.2, 0) is 16.4 Å². The number of rotatable bonds is 4. The van der Waals surface area contributed by atoms with Crippen LogP contribution in [0.4, 0.5) is 5.13 Å². The summed E-state index contributed by atoms with van der Waals surface area (Å²) in [7, 11) is -3.63. The van der Waals surface area contributed by atoms with E-state index in [2.05, 4.69) is 25.9 Å². The van der Waals surface area contributed by atoms with Gasteiger partial charge in [0.2, 0.25) is 5.13 Å². The number of benzene rings is 1. The first-order chi connectivity index (χ1) is 12.5. The highest BCUT2D eigenvalue weighted by atomic mass is 32.2. The maximum atomic E-state index is 12.6. The van der Waals surface area contributed by atoms with Gasteiger partial charge in [-0.1, -0.05) is 12.5 Å². The van der Waals surface area contributed by atoms with E-state index < -0.39 is 10.0 Å². The Morgan fingerprint density at radius 2 is 2.12 bits per heavy atom. The van der Waals surface area contributed by atoms with Crippen molar-refractivity contribution < 1.29 is 8.42 Å². The molecule has 1 aromatic heterocycles. The molecule has 0 spiro atoms. The number of anilines is 1. The van der Waals surface area contributed by atoms with Crippen LogP contribution in [0.25, 0.3) is 0 Å².